The van der Waals surface area contributed by atoms with Crippen LogP contribution in [-0.4, -0.2) is 17.0 Å². The Morgan fingerprint density at radius 3 is 2.37 bits per heavy atom. The van der Waals surface area contributed by atoms with E-state index in [0.29, 0.717) is 18.5 Å². The van der Waals surface area contributed by atoms with Gasteiger partial charge in [-0.3, -0.25) is 9.59 Å². The first-order chi connectivity index (χ1) is 9.08. The van der Waals surface area contributed by atoms with Crippen LogP contribution < -0.4 is 5.32 Å². The number of carboxylic acid groups (broad SMARTS) is 1. The Kier molecular flexibility index (Phi) is 3.88. The van der Waals surface area contributed by atoms with Gasteiger partial charge >= 0.3 is 5.97 Å². The quantitative estimate of drug-likeness (QED) is 0.774. The van der Waals surface area contributed by atoms with Gasteiger partial charge in [-0.25, -0.2) is 0 Å². The molecule has 0 aliphatic heterocycles. The lowest BCUT2D eigenvalue weighted by Gasteiger charge is -2.11. The molecule has 1 aliphatic rings. The number of unbranched alkanes of at least 4 members (excludes halogenated alkanes) is 1. The molecule has 0 heterocycles. The number of anilines is 1. The molecule has 2 rings (SSSR count). The van der Waals surface area contributed by atoms with Gasteiger partial charge in [0.15, 0.2) is 0 Å². The third-order valence-corrected chi connectivity index (χ3v) is 3.62. The van der Waals surface area contributed by atoms with E-state index in [1.807, 2.05) is 24.3 Å². The molecule has 102 valence electrons. The van der Waals surface area contributed by atoms with Gasteiger partial charge in [-0.15, -0.1) is 0 Å². The Bertz CT molecular complexity index is 475. The Morgan fingerprint density at radius 2 is 1.89 bits per heavy atom. The number of nitrogens with one attached hydrogen (secondary N) is 1. The minimum Gasteiger partial charge on any atom is -0.480 e. The van der Waals surface area contributed by atoms with Crippen LogP contribution in [-0.2, 0) is 16.0 Å². The van der Waals surface area contributed by atoms with Crippen molar-refractivity contribution in [3.05, 3.63) is 29.8 Å². The van der Waals surface area contributed by atoms with Crippen LogP contribution in [0.1, 0.15) is 38.2 Å². The summed E-state index contributed by atoms with van der Waals surface area (Å²) in [5.74, 6) is -1.43. The molecule has 0 saturated heterocycles. The zero-order chi connectivity index (χ0) is 13.9. The van der Waals surface area contributed by atoms with Crippen molar-refractivity contribution in [2.24, 2.45) is 5.41 Å². The van der Waals surface area contributed by atoms with Crippen molar-refractivity contribution in [3.8, 4) is 0 Å². The van der Waals surface area contributed by atoms with Crippen molar-refractivity contribution in [3.63, 3.8) is 0 Å². The number of hydrogen-bond donors (Lipinski definition) is 2. The number of amides is 1. The average molecular weight is 261 g/mol. The minimum atomic E-state index is -1.18. The Labute approximate surface area is 112 Å². The largest absolute Gasteiger partial charge is 0.480 e. The molecule has 1 amide bonds. The summed E-state index contributed by atoms with van der Waals surface area (Å²) in [5, 5.41) is 11.7. The van der Waals surface area contributed by atoms with E-state index in [-0.39, 0.29) is 0 Å². The molecule has 0 atom stereocenters. The minimum absolute atomic E-state index is 0.402. The van der Waals surface area contributed by atoms with Crippen LogP contribution in [0.5, 0.6) is 0 Å². The first kappa shape index (κ1) is 13.6. The molecule has 4 heteroatoms. The topological polar surface area (TPSA) is 66.4 Å². The molecule has 0 unspecified atom stereocenters. The number of carbonyl (C=O) groups is 2. The fourth-order valence-electron chi connectivity index (χ4n) is 2.05. The van der Waals surface area contributed by atoms with Crippen molar-refractivity contribution < 1.29 is 14.7 Å². The predicted molar refractivity (Wildman–Crippen MR) is 73.0 cm³/mol. The molecule has 0 radical (unpaired) electrons. The number of benzene rings is 1. The second-order valence-electron chi connectivity index (χ2n) is 5.14. The molecule has 1 aromatic rings. The monoisotopic (exact) mass is 261 g/mol. The number of aliphatic carboxylic acids is 1. The summed E-state index contributed by atoms with van der Waals surface area (Å²) in [4.78, 5) is 22.9. The van der Waals surface area contributed by atoms with Crippen molar-refractivity contribution in [1.82, 2.24) is 0 Å². The maximum atomic E-state index is 11.9. The molecule has 0 spiro atoms. The lowest BCUT2D eigenvalue weighted by Crippen LogP contribution is -2.31. The standard InChI is InChI=1S/C15H19NO3/c1-2-3-4-11-5-7-12(8-6-11)16-13(17)15(9-10-15)14(18)19/h5-8H,2-4,9-10H2,1H3,(H,16,17)(H,18,19). The van der Waals surface area contributed by atoms with Gasteiger partial charge in [-0.1, -0.05) is 25.5 Å². The van der Waals surface area contributed by atoms with Crippen molar-refractivity contribution in [2.75, 3.05) is 5.32 Å². The van der Waals surface area contributed by atoms with E-state index in [1.54, 1.807) is 0 Å². The summed E-state index contributed by atoms with van der Waals surface area (Å²) < 4.78 is 0. The van der Waals surface area contributed by atoms with Crippen LogP contribution >= 0.6 is 0 Å². The predicted octanol–water partition coefficient (Wildman–Crippen LogP) is 2.83. The van der Waals surface area contributed by atoms with Gasteiger partial charge in [0.2, 0.25) is 5.91 Å². The number of aryl methyl sites for hydroxylation is 1. The SMILES string of the molecule is CCCCc1ccc(NC(=O)C2(C(=O)O)CC2)cc1. The van der Waals surface area contributed by atoms with E-state index in [1.165, 1.54) is 5.56 Å². The van der Waals surface area contributed by atoms with Gasteiger partial charge in [0, 0.05) is 5.69 Å². The van der Waals surface area contributed by atoms with E-state index in [2.05, 4.69) is 12.2 Å². The van der Waals surface area contributed by atoms with E-state index in [4.69, 9.17) is 5.11 Å². The molecule has 1 fully saturated rings. The van der Waals surface area contributed by atoms with Crippen LogP contribution in [0.4, 0.5) is 5.69 Å². The Hall–Kier alpha value is -1.84. The molecule has 1 saturated carbocycles. The molecular formula is C15H19NO3. The fourth-order valence-corrected chi connectivity index (χ4v) is 2.05. The lowest BCUT2D eigenvalue weighted by molar-refractivity contribution is -0.147. The third-order valence-electron chi connectivity index (χ3n) is 3.62. The van der Waals surface area contributed by atoms with Crippen LogP contribution in [0.25, 0.3) is 0 Å². The summed E-state index contributed by atoms with van der Waals surface area (Å²) in [6.07, 6.45) is 4.20. The highest BCUT2D eigenvalue weighted by Crippen LogP contribution is 2.46. The summed E-state index contributed by atoms with van der Waals surface area (Å²) >= 11 is 0. The maximum Gasteiger partial charge on any atom is 0.319 e. The van der Waals surface area contributed by atoms with Crippen molar-refractivity contribution in [1.29, 1.82) is 0 Å². The summed E-state index contributed by atoms with van der Waals surface area (Å²) in [6.45, 7) is 2.15. The summed E-state index contributed by atoms with van der Waals surface area (Å²) in [5.41, 5.74) is 0.720. The zero-order valence-corrected chi connectivity index (χ0v) is 11.1. The van der Waals surface area contributed by atoms with Crippen molar-refractivity contribution >= 4 is 17.6 Å². The molecule has 2 N–H and O–H groups in total. The van der Waals surface area contributed by atoms with Crippen LogP contribution in [0.3, 0.4) is 0 Å². The normalized spacial score (nSPS) is 15.8. The molecule has 1 aromatic carbocycles. The van der Waals surface area contributed by atoms with Gasteiger partial charge in [0.1, 0.15) is 5.41 Å². The first-order valence-electron chi connectivity index (χ1n) is 6.72. The molecule has 4 nitrogen and oxygen atoms in total. The average Bonchev–Trinajstić information content (AvgIpc) is 3.19. The molecule has 19 heavy (non-hydrogen) atoms. The Balaban J connectivity index is 1.96. The first-order valence-corrected chi connectivity index (χ1v) is 6.72. The zero-order valence-electron chi connectivity index (χ0n) is 11.1. The summed E-state index contributed by atoms with van der Waals surface area (Å²) in [6, 6.07) is 7.62. The van der Waals surface area contributed by atoms with Gasteiger partial charge in [0.05, 0.1) is 0 Å². The van der Waals surface area contributed by atoms with E-state index < -0.39 is 17.3 Å². The molecular weight excluding hydrogens is 242 g/mol. The van der Waals surface area contributed by atoms with Crippen LogP contribution in [0, 0.1) is 5.41 Å². The Morgan fingerprint density at radius 1 is 1.26 bits per heavy atom. The van der Waals surface area contributed by atoms with Gasteiger partial charge in [0.25, 0.3) is 0 Å². The number of carboxylic acids is 1. The molecule has 0 bridgehead atoms. The van der Waals surface area contributed by atoms with Crippen LogP contribution in [0.2, 0.25) is 0 Å². The lowest BCUT2D eigenvalue weighted by atomic mass is 10.1. The van der Waals surface area contributed by atoms with Gasteiger partial charge < -0.3 is 10.4 Å². The van der Waals surface area contributed by atoms with Crippen LogP contribution in [0.15, 0.2) is 24.3 Å². The van der Waals surface area contributed by atoms with E-state index >= 15 is 0 Å². The highest BCUT2D eigenvalue weighted by atomic mass is 16.4. The highest BCUT2D eigenvalue weighted by Gasteiger charge is 2.57. The molecule has 0 aromatic heterocycles. The maximum absolute atomic E-state index is 11.9. The van der Waals surface area contributed by atoms with Gasteiger partial charge in [-0.05, 0) is 43.4 Å². The van der Waals surface area contributed by atoms with Gasteiger partial charge in [-0.2, -0.15) is 0 Å². The van der Waals surface area contributed by atoms with E-state index in [0.717, 1.165) is 19.3 Å². The van der Waals surface area contributed by atoms with E-state index in [9.17, 15) is 9.59 Å². The summed E-state index contributed by atoms with van der Waals surface area (Å²) in [7, 11) is 0. The second kappa shape index (κ2) is 5.43. The smallest absolute Gasteiger partial charge is 0.319 e. The molecule has 1 aliphatic carbocycles. The number of carbonyl (C=O) groups excluding carboxylic acids is 1. The van der Waals surface area contributed by atoms with Crippen molar-refractivity contribution in [2.45, 2.75) is 39.0 Å². The fraction of sp³-hybridized carbons (Fsp3) is 0.467. The number of hydrogen-bond acceptors (Lipinski definition) is 2. The number of rotatable bonds is 6. The highest BCUT2D eigenvalue weighted by molar-refractivity contribution is 6.10. The third kappa shape index (κ3) is 2.95. The second-order valence-corrected chi connectivity index (χ2v) is 5.14.